The zero-order valence-electron chi connectivity index (χ0n) is 19.4. The van der Waals surface area contributed by atoms with Crippen molar-refractivity contribution in [2.45, 2.75) is 32.2 Å². The minimum absolute atomic E-state index is 0.175. The Hall–Kier alpha value is -3.15. The number of carbonyl (C=O) groups excluding carboxylic acids is 2. The van der Waals surface area contributed by atoms with Crippen LogP contribution in [0.2, 0.25) is 0 Å². The minimum atomic E-state index is -0.285. The number of aromatic nitrogens is 1. The van der Waals surface area contributed by atoms with E-state index in [0.717, 1.165) is 30.5 Å². The quantitative estimate of drug-likeness (QED) is 0.313. The number of ether oxygens (including phenoxy) is 2. The molecule has 0 saturated carbocycles. The van der Waals surface area contributed by atoms with E-state index in [9.17, 15) is 9.59 Å². The number of nitrogens with one attached hydrogen (secondary N) is 1. The van der Waals surface area contributed by atoms with Crippen molar-refractivity contribution < 1.29 is 23.5 Å². The molecule has 8 nitrogen and oxygen atoms in total. The number of nitrogens with zero attached hydrogens (tertiary/aromatic N) is 2. The molecule has 0 bridgehead atoms. The summed E-state index contributed by atoms with van der Waals surface area (Å²) >= 11 is 8.16. The van der Waals surface area contributed by atoms with Crippen LogP contribution < -0.4 is 14.8 Å². The average molecular weight is 542 g/mol. The highest BCUT2D eigenvalue weighted by Crippen LogP contribution is 2.36. The van der Waals surface area contributed by atoms with Gasteiger partial charge in [0.25, 0.3) is 11.8 Å². The van der Waals surface area contributed by atoms with E-state index in [-0.39, 0.29) is 25.0 Å². The van der Waals surface area contributed by atoms with Crippen molar-refractivity contribution in [2.75, 3.05) is 19.0 Å². The van der Waals surface area contributed by atoms with Crippen molar-refractivity contribution in [1.82, 2.24) is 9.88 Å². The Morgan fingerprint density at radius 1 is 1.28 bits per heavy atom. The Kier molecular flexibility index (Phi) is 7.40. The van der Waals surface area contributed by atoms with Gasteiger partial charge in [0.15, 0.2) is 23.2 Å². The average Bonchev–Trinajstić information content (AvgIpc) is 3.59. The Bertz CT molecular complexity index is 1310. The monoisotopic (exact) mass is 541 g/mol. The molecule has 1 aliphatic carbocycles. The molecule has 36 heavy (non-hydrogen) atoms. The molecule has 0 spiro atoms. The third-order valence-electron chi connectivity index (χ3n) is 5.70. The van der Waals surface area contributed by atoms with Gasteiger partial charge in [-0.05, 0) is 61.6 Å². The first-order valence-corrected chi connectivity index (χ1v) is 13.4. The molecule has 5 rings (SSSR count). The van der Waals surface area contributed by atoms with Gasteiger partial charge in [0, 0.05) is 4.88 Å². The summed E-state index contributed by atoms with van der Waals surface area (Å²) in [6, 6.07) is 8.83. The molecule has 2 aromatic heterocycles. The Morgan fingerprint density at radius 3 is 2.92 bits per heavy atom. The van der Waals surface area contributed by atoms with Gasteiger partial charge in [-0.1, -0.05) is 30.0 Å². The van der Waals surface area contributed by atoms with E-state index in [2.05, 4.69) is 10.3 Å². The van der Waals surface area contributed by atoms with Gasteiger partial charge in [-0.2, -0.15) is 0 Å². The fourth-order valence-corrected chi connectivity index (χ4v) is 6.26. The van der Waals surface area contributed by atoms with Gasteiger partial charge in [-0.3, -0.25) is 19.8 Å². The van der Waals surface area contributed by atoms with Crippen LogP contribution in [-0.4, -0.2) is 39.7 Å². The molecule has 1 aromatic carbocycles. The smallest absolute Gasteiger partial charge is 0.266 e. The van der Waals surface area contributed by atoms with Crippen molar-refractivity contribution in [2.24, 2.45) is 0 Å². The summed E-state index contributed by atoms with van der Waals surface area (Å²) in [6.07, 6.45) is 7.62. The Morgan fingerprint density at radius 2 is 2.14 bits per heavy atom. The molecule has 1 saturated heterocycles. The lowest BCUT2D eigenvalue weighted by atomic mass is 10.0. The number of carbonyl (C=O) groups is 2. The highest BCUT2D eigenvalue weighted by atomic mass is 32.2. The van der Waals surface area contributed by atoms with Crippen LogP contribution in [0.3, 0.4) is 0 Å². The van der Waals surface area contributed by atoms with E-state index in [1.807, 2.05) is 0 Å². The molecular formula is C25H23N3O5S3. The van der Waals surface area contributed by atoms with Crippen molar-refractivity contribution >= 4 is 62.7 Å². The molecule has 0 unspecified atom stereocenters. The second kappa shape index (κ2) is 10.9. The predicted octanol–water partition coefficient (Wildman–Crippen LogP) is 5.04. The number of methoxy groups -OCH3 is 1. The largest absolute Gasteiger partial charge is 0.493 e. The first-order valence-electron chi connectivity index (χ1n) is 11.4. The van der Waals surface area contributed by atoms with Crippen LogP contribution in [-0.2, 0) is 29.0 Å². The number of hydrogen-bond acceptors (Lipinski definition) is 9. The molecular weight excluding hydrogens is 518 g/mol. The number of furan rings is 1. The second-order valence-corrected chi connectivity index (χ2v) is 10.9. The molecule has 1 N–H and O–H groups in total. The number of aryl methyl sites for hydroxylation is 2. The molecule has 3 aromatic rings. The lowest BCUT2D eigenvalue weighted by Gasteiger charge is -2.12. The van der Waals surface area contributed by atoms with Crippen LogP contribution in [0.25, 0.3) is 6.08 Å². The van der Waals surface area contributed by atoms with E-state index >= 15 is 0 Å². The van der Waals surface area contributed by atoms with E-state index in [1.165, 1.54) is 46.4 Å². The van der Waals surface area contributed by atoms with Crippen molar-refractivity contribution in [1.29, 1.82) is 0 Å². The number of thioether (sulfide) groups is 1. The van der Waals surface area contributed by atoms with Crippen LogP contribution in [0.5, 0.6) is 11.5 Å². The maximum atomic E-state index is 12.9. The second-order valence-electron chi connectivity index (χ2n) is 8.19. The first-order chi connectivity index (χ1) is 17.5. The number of hydrogen-bond donors (Lipinski definition) is 1. The number of fused-ring (bicyclic) bond motifs is 1. The van der Waals surface area contributed by atoms with E-state index in [1.54, 1.807) is 42.7 Å². The summed E-state index contributed by atoms with van der Waals surface area (Å²) in [5, 5.41) is 3.44. The molecule has 2 aliphatic rings. The molecule has 186 valence electrons. The van der Waals surface area contributed by atoms with Gasteiger partial charge in [0.1, 0.15) is 10.1 Å². The normalized spacial score (nSPS) is 16.4. The lowest BCUT2D eigenvalue weighted by Crippen LogP contribution is -2.27. The maximum Gasteiger partial charge on any atom is 0.266 e. The third kappa shape index (κ3) is 5.48. The van der Waals surface area contributed by atoms with Gasteiger partial charge in [-0.25, -0.2) is 4.98 Å². The standard InChI is InChI=1S/C25H23N3O5S3/c1-31-19-11-15(12-21-23(30)28(25(34)36-21)13-16-5-4-10-32-16)8-9-18(19)33-14-22(29)27-24-26-17-6-2-3-7-20(17)35-24/h4-5,8-12H,2-3,6-7,13-14H2,1H3,(H,26,27,29)/b21-12-. The Balaban J connectivity index is 1.22. The lowest BCUT2D eigenvalue weighted by molar-refractivity contribution is -0.122. The molecule has 1 aliphatic heterocycles. The summed E-state index contributed by atoms with van der Waals surface area (Å²) in [5.74, 6) is 1.07. The fourth-order valence-electron chi connectivity index (χ4n) is 3.94. The van der Waals surface area contributed by atoms with Gasteiger partial charge >= 0.3 is 0 Å². The summed E-state index contributed by atoms with van der Waals surface area (Å²) in [4.78, 5) is 33.1. The molecule has 11 heteroatoms. The minimum Gasteiger partial charge on any atom is -0.493 e. The number of amides is 2. The van der Waals surface area contributed by atoms with Crippen molar-refractivity contribution in [3.63, 3.8) is 0 Å². The van der Waals surface area contributed by atoms with Crippen LogP contribution in [0.1, 0.15) is 34.7 Å². The summed E-state index contributed by atoms with van der Waals surface area (Å²) in [6.45, 7) is 0.113. The zero-order chi connectivity index (χ0) is 25.1. The van der Waals surface area contributed by atoms with E-state index in [4.69, 9.17) is 26.1 Å². The Labute approximate surface area is 221 Å². The third-order valence-corrected chi connectivity index (χ3v) is 8.15. The number of anilines is 1. The van der Waals surface area contributed by atoms with E-state index in [0.29, 0.717) is 31.6 Å². The molecule has 1 fully saturated rings. The predicted molar refractivity (Wildman–Crippen MR) is 143 cm³/mol. The van der Waals surface area contributed by atoms with Crippen LogP contribution >= 0.6 is 35.3 Å². The SMILES string of the molecule is COc1cc(/C=C2\SC(=S)N(Cc3ccco3)C2=O)ccc1OCC(=O)Nc1nc2c(s1)CCCC2. The number of thiazole rings is 1. The molecule has 0 atom stereocenters. The van der Waals surface area contributed by atoms with E-state index < -0.39 is 0 Å². The van der Waals surface area contributed by atoms with Crippen LogP contribution in [0.15, 0.2) is 45.9 Å². The van der Waals surface area contributed by atoms with Crippen LogP contribution in [0.4, 0.5) is 5.13 Å². The zero-order valence-corrected chi connectivity index (χ0v) is 21.9. The summed E-state index contributed by atoms with van der Waals surface area (Å²) in [5.41, 5.74) is 1.84. The maximum absolute atomic E-state index is 12.9. The van der Waals surface area contributed by atoms with Gasteiger partial charge in [0.2, 0.25) is 0 Å². The fraction of sp³-hybridized carbons (Fsp3) is 0.280. The van der Waals surface area contributed by atoms with Crippen molar-refractivity contribution in [3.8, 4) is 11.5 Å². The summed E-state index contributed by atoms with van der Waals surface area (Å²) in [7, 11) is 1.52. The summed E-state index contributed by atoms with van der Waals surface area (Å²) < 4.78 is 17.0. The van der Waals surface area contributed by atoms with Crippen molar-refractivity contribution in [3.05, 3.63) is 63.4 Å². The topological polar surface area (TPSA) is 93.9 Å². The highest BCUT2D eigenvalue weighted by molar-refractivity contribution is 8.26. The van der Waals surface area contributed by atoms with Gasteiger partial charge in [-0.15, -0.1) is 11.3 Å². The number of thiocarbonyl (C=S) groups is 1. The number of rotatable bonds is 8. The number of benzene rings is 1. The van der Waals surface area contributed by atoms with Gasteiger partial charge < -0.3 is 13.9 Å². The van der Waals surface area contributed by atoms with Crippen LogP contribution in [0, 0.1) is 0 Å². The highest BCUT2D eigenvalue weighted by Gasteiger charge is 2.32. The molecule has 2 amide bonds. The van der Waals surface area contributed by atoms with Gasteiger partial charge in [0.05, 0.1) is 30.5 Å². The molecule has 3 heterocycles. The molecule has 0 radical (unpaired) electrons. The first kappa shape index (κ1) is 24.5.